The molecular weight excluding hydrogens is 1110 g/mol. The van der Waals surface area contributed by atoms with E-state index in [9.17, 15) is 91.4 Å². The Bertz CT molecular complexity index is 2270. The van der Waals surface area contributed by atoms with Crippen molar-refractivity contribution in [1.82, 2.24) is 62.7 Å². The maximum absolute atomic E-state index is 14.1. The molecule has 1 aromatic heterocycles. The lowest BCUT2D eigenvalue weighted by atomic mass is 10.1. The third-order valence-corrected chi connectivity index (χ3v) is 13.6. The lowest BCUT2D eigenvalue weighted by Crippen LogP contribution is -2.62. The number of aromatic amines is 1. The van der Waals surface area contributed by atoms with E-state index in [4.69, 9.17) is 21.4 Å². The number of hydrogen-bond donors (Lipinski definition) is 18. The van der Waals surface area contributed by atoms with Crippen LogP contribution >= 0.6 is 21.6 Å². The molecule has 0 spiro atoms. The zero-order chi connectivity index (χ0) is 59.6. The Morgan fingerprint density at radius 2 is 1.23 bits per heavy atom. The predicted octanol–water partition coefficient (Wildman–Crippen LogP) is -8.50. The van der Waals surface area contributed by atoms with Gasteiger partial charge < -0.3 is 99.8 Å². The van der Waals surface area contributed by atoms with E-state index < -0.39 is 171 Å². The van der Waals surface area contributed by atoms with Crippen molar-refractivity contribution in [2.75, 3.05) is 57.6 Å². The fraction of sp³-hybridized carbons (Fsp3) is 0.643. The van der Waals surface area contributed by atoms with Gasteiger partial charge in [-0.2, -0.15) is 13.2 Å². The lowest BCUT2D eigenvalue weighted by Gasteiger charge is -2.30. The summed E-state index contributed by atoms with van der Waals surface area (Å²) in [7, 11) is 1.70. The highest BCUT2D eigenvalue weighted by atomic mass is 33.1. The van der Waals surface area contributed by atoms with Gasteiger partial charge >= 0.3 is 18.1 Å². The number of nitrogens with one attached hydrogen (secondary N) is 10. The zero-order valence-corrected chi connectivity index (χ0v) is 43.7. The highest BCUT2D eigenvalue weighted by Gasteiger charge is 2.41. The van der Waals surface area contributed by atoms with Gasteiger partial charge in [0, 0.05) is 36.4 Å². The average molecular weight is 1180 g/mol. The summed E-state index contributed by atoms with van der Waals surface area (Å²) in [6.07, 6.45) is -1.91. The lowest BCUT2D eigenvalue weighted by molar-refractivity contribution is -0.192. The number of aliphatic hydroxyl groups is 4. The molecule has 2 fully saturated rings. The summed E-state index contributed by atoms with van der Waals surface area (Å²) < 4.78 is 31.7. The number of nitrogens with zero attached hydrogens (tertiary/aromatic N) is 2. The maximum Gasteiger partial charge on any atom is 0.490 e. The third kappa shape index (κ3) is 23.1. The van der Waals surface area contributed by atoms with Gasteiger partial charge in [0.05, 0.1) is 38.8 Å². The maximum atomic E-state index is 14.1. The first-order valence-corrected chi connectivity index (χ1v) is 26.4. The molecule has 444 valence electrons. The summed E-state index contributed by atoms with van der Waals surface area (Å²) in [6.45, 7) is -3.69. The first kappa shape index (κ1) is 68.2. The summed E-state index contributed by atoms with van der Waals surface area (Å²) in [5.74, 6) is -15.1. The van der Waals surface area contributed by atoms with Crippen LogP contribution in [0, 0.1) is 0 Å². The highest BCUT2D eigenvalue weighted by molar-refractivity contribution is 8.76. The number of fused-ring (bicyclic) bond motifs is 1. The van der Waals surface area contributed by atoms with Crippen LogP contribution in [-0.4, -0.2) is 241 Å². The number of nitrogens with two attached hydrogens (primary N) is 2. The van der Waals surface area contributed by atoms with Crippen molar-refractivity contribution in [3.63, 3.8) is 0 Å². The highest BCUT2D eigenvalue weighted by Crippen LogP contribution is 2.24. The molecule has 37 heteroatoms. The van der Waals surface area contributed by atoms with Gasteiger partial charge in [-0.15, -0.1) is 0 Å². The van der Waals surface area contributed by atoms with E-state index in [0.29, 0.717) is 12.1 Å². The fourth-order valence-electron chi connectivity index (χ4n) is 6.95. The first-order chi connectivity index (χ1) is 37.2. The van der Waals surface area contributed by atoms with E-state index in [2.05, 4.69) is 57.8 Å². The number of hydrogen-bond acceptors (Lipinski definition) is 21. The minimum absolute atomic E-state index is 0.0200. The second-order valence-corrected chi connectivity index (χ2v) is 19.8. The normalized spacial score (nSPS) is 25.2. The van der Waals surface area contributed by atoms with Crippen LogP contribution in [0.5, 0.6) is 0 Å². The van der Waals surface area contributed by atoms with Gasteiger partial charge in [-0.3, -0.25) is 52.7 Å². The molecule has 79 heavy (non-hydrogen) atoms. The molecule has 2 aliphatic heterocycles. The van der Waals surface area contributed by atoms with Crippen LogP contribution in [0.3, 0.4) is 0 Å². The van der Waals surface area contributed by atoms with Crippen LogP contribution in [-0.2, 0) is 64.0 Å². The standard InChI is InChI=1S/C40H64N14O16S2.C2HF3O2/c1-19(42)31(61)52-28-17-72-71-16-27(32(62)44-11-30(59)60)53-34(64)22(9-20-10-43-18-45-20)47-33(63)21(5-2-3-7-41)46-35(65)25(14-57)50-39(69)29-6-4-8-54(29)40(70)26(15-58)51-37(67)24(13-56)48-36(66)23(12-55)49-38(28)68;3-2(4,5)1(6)7/h10,18-19,21-29,55-58H,2-9,11-17,41-42H2,1H3,(H,43,45)(H,44,62)(H,46,65)(H,47,63)(H,48,66)(H,49,68)(H,50,69)(H,51,67)(H,52,61)(H,53,64)(H,59,60);(H,6,7)/t19-,21-,22-,23+,24-,25-,26-,27-,28-,29-;/m0./s1. The topological polar surface area (TPSA) is 518 Å². The summed E-state index contributed by atoms with van der Waals surface area (Å²) in [6, 6.07) is -15.6. The van der Waals surface area contributed by atoms with E-state index in [1.807, 2.05) is 0 Å². The number of halogens is 3. The first-order valence-electron chi connectivity index (χ1n) is 23.9. The van der Waals surface area contributed by atoms with Gasteiger partial charge in [0.25, 0.3) is 0 Å². The molecule has 10 atom stereocenters. The molecule has 3 heterocycles. The number of aliphatic hydroxyl groups excluding tert-OH is 4. The van der Waals surface area contributed by atoms with Crippen LogP contribution < -0.4 is 59.3 Å². The minimum atomic E-state index is -5.08. The van der Waals surface area contributed by atoms with Gasteiger partial charge in [0.1, 0.15) is 60.9 Å². The quantitative estimate of drug-likeness (QED) is 0.0573. The Morgan fingerprint density at radius 3 is 1.73 bits per heavy atom. The van der Waals surface area contributed by atoms with E-state index in [1.54, 1.807) is 0 Å². The van der Waals surface area contributed by atoms with Crippen molar-refractivity contribution >= 4 is 92.6 Å². The summed E-state index contributed by atoms with van der Waals surface area (Å²) in [4.78, 5) is 164. The number of carbonyl (C=O) groups is 12. The largest absolute Gasteiger partial charge is 0.490 e. The number of H-pyrrole nitrogens is 1. The molecule has 0 radical (unpaired) electrons. The second-order valence-electron chi connectivity index (χ2n) is 17.2. The smallest absolute Gasteiger partial charge is 0.480 e. The predicted molar refractivity (Wildman–Crippen MR) is 267 cm³/mol. The number of imidazole rings is 1. The number of amides is 10. The molecule has 0 bridgehead atoms. The minimum Gasteiger partial charge on any atom is -0.480 e. The number of aromatic nitrogens is 2. The van der Waals surface area contributed by atoms with Crippen LogP contribution in [0.25, 0.3) is 0 Å². The van der Waals surface area contributed by atoms with Gasteiger partial charge in [0.15, 0.2) is 0 Å². The van der Waals surface area contributed by atoms with Crippen molar-refractivity contribution in [2.45, 2.75) is 112 Å². The van der Waals surface area contributed by atoms with Crippen LogP contribution in [0.4, 0.5) is 13.2 Å². The Balaban J connectivity index is 0.00000284. The zero-order valence-electron chi connectivity index (χ0n) is 42.1. The van der Waals surface area contributed by atoms with Crippen molar-refractivity contribution < 1.29 is 101 Å². The number of unbranched alkanes of at least 4 members (excludes halogenated alkanes) is 1. The van der Waals surface area contributed by atoms with Gasteiger partial charge in [-0.05, 0) is 45.6 Å². The third-order valence-electron chi connectivity index (χ3n) is 11.2. The van der Waals surface area contributed by atoms with Crippen molar-refractivity contribution in [3.05, 3.63) is 18.2 Å². The molecule has 0 aromatic carbocycles. The van der Waals surface area contributed by atoms with Crippen LogP contribution in [0.1, 0.15) is 44.7 Å². The molecule has 1 aromatic rings. The number of carboxylic acids is 2. The average Bonchev–Trinajstić information content (AvgIpc) is 4.12. The molecule has 2 saturated heterocycles. The second kappa shape index (κ2) is 34.2. The van der Waals surface area contributed by atoms with E-state index in [0.717, 1.165) is 26.5 Å². The molecule has 0 saturated carbocycles. The molecule has 0 unspecified atom stereocenters. The Labute approximate surface area is 454 Å². The number of alkyl halides is 3. The van der Waals surface area contributed by atoms with E-state index in [1.165, 1.54) is 19.4 Å². The number of carbonyl (C=O) groups excluding carboxylic acids is 10. The molecule has 32 nitrogen and oxygen atoms in total. The molecule has 10 amide bonds. The van der Waals surface area contributed by atoms with Crippen molar-refractivity contribution in [1.29, 1.82) is 0 Å². The summed E-state index contributed by atoms with van der Waals surface area (Å²) in [5, 5.41) is 78.0. The van der Waals surface area contributed by atoms with Gasteiger partial charge in [-0.25, -0.2) is 9.78 Å². The monoisotopic (exact) mass is 1170 g/mol. The molecule has 2 aliphatic rings. The fourth-order valence-corrected chi connectivity index (χ4v) is 9.28. The van der Waals surface area contributed by atoms with Crippen LogP contribution in [0.2, 0.25) is 0 Å². The number of carboxylic acid groups (broad SMARTS) is 2. The van der Waals surface area contributed by atoms with E-state index >= 15 is 0 Å². The Hall–Kier alpha value is -6.90. The number of rotatable bonds is 15. The molecular formula is C42H65F3N14O18S2. The molecule has 3 rings (SSSR count). The van der Waals surface area contributed by atoms with Gasteiger partial charge in [0.2, 0.25) is 59.1 Å². The summed E-state index contributed by atoms with van der Waals surface area (Å²) >= 11 is 0. The van der Waals surface area contributed by atoms with Gasteiger partial charge in [-0.1, -0.05) is 21.6 Å². The molecule has 0 aliphatic carbocycles. The number of aliphatic carboxylic acids is 2. The molecule has 20 N–H and O–H groups in total. The summed E-state index contributed by atoms with van der Waals surface area (Å²) in [5.41, 5.74) is 11.7. The Morgan fingerprint density at radius 1 is 0.734 bits per heavy atom. The SMILES string of the molecule is C[C@H](N)C(=O)N[C@H]1CSSC[C@@H](C(=O)NCC(=O)O)NC(=O)[C@H](Cc2cnc[nH]2)NC(=O)[C@H](CCCCN)NC(=O)[C@H](CO)NC(=O)[C@@H]2CCCN2C(=O)[C@H](CO)NC(=O)[C@H](CO)NC(=O)[C@@H](CO)NC1=O.O=C(O)C(F)(F)F. The van der Waals surface area contributed by atoms with Crippen molar-refractivity contribution in [3.8, 4) is 0 Å². The van der Waals surface area contributed by atoms with Crippen molar-refractivity contribution in [2.24, 2.45) is 11.5 Å². The van der Waals surface area contributed by atoms with E-state index in [-0.39, 0.29) is 56.7 Å². The van der Waals surface area contributed by atoms with Crippen LogP contribution in [0.15, 0.2) is 12.5 Å². The Kier molecular flexibility index (Phi) is 29.5.